The van der Waals surface area contributed by atoms with Gasteiger partial charge in [0.05, 0.1) is 16.1 Å². The Morgan fingerprint density at radius 3 is 2.35 bits per heavy atom. The van der Waals surface area contributed by atoms with E-state index in [4.69, 9.17) is 23.2 Å². The minimum atomic E-state index is -4.40. The van der Waals surface area contributed by atoms with Crippen LogP contribution in [0.3, 0.4) is 0 Å². The number of hydrogen-bond donors (Lipinski definition) is 2. The van der Waals surface area contributed by atoms with Gasteiger partial charge >= 0.3 is 5.97 Å². The fourth-order valence-electron chi connectivity index (χ4n) is 4.11. The van der Waals surface area contributed by atoms with E-state index < -0.39 is 27.4 Å². The average Bonchev–Trinajstić information content (AvgIpc) is 3.24. The smallest absolute Gasteiger partial charge is 0.328 e. The predicted octanol–water partition coefficient (Wildman–Crippen LogP) is 5.46. The second-order valence-electron chi connectivity index (χ2n) is 9.43. The van der Waals surface area contributed by atoms with Crippen LogP contribution in [0.4, 0.5) is 11.6 Å². The summed E-state index contributed by atoms with van der Waals surface area (Å²) in [5.41, 5.74) is -0.0373. The molecule has 4 aromatic rings. The zero-order valence-electron chi connectivity index (χ0n) is 20.5. The summed E-state index contributed by atoms with van der Waals surface area (Å²) in [7, 11) is -2.68. The molecule has 0 fully saturated rings. The van der Waals surface area contributed by atoms with Gasteiger partial charge in [-0.3, -0.25) is 4.31 Å². The molecule has 4 rings (SSSR count). The second kappa shape index (κ2) is 9.85. The standard InChI is InChI=1S/C25H25Cl2N5O4S/c1-25(2,3)22(23(33)34)32(37(35,36)19-13-16(26)12-17(27)14-19)18-5-6-20-15(11-18)8-10-31(20)21-7-9-29-24(28-4)30-21/h5-14,22H,1-4H3,(H,33,34)(H,28,29,30). The minimum absolute atomic E-state index is 0.118. The summed E-state index contributed by atoms with van der Waals surface area (Å²) >= 11 is 12.2. The van der Waals surface area contributed by atoms with Crippen LogP contribution in [0.25, 0.3) is 16.7 Å². The molecule has 2 heterocycles. The van der Waals surface area contributed by atoms with Gasteiger partial charge in [0.25, 0.3) is 10.0 Å². The molecule has 1 atom stereocenters. The molecule has 2 aromatic heterocycles. The van der Waals surface area contributed by atoms with Crippen LogP contribution in [0.5, 0.6) is 0 Å². The molecule has 2 aromatic carbocycles. The average molecular weight is 562 g/mol. The third kappa shape index (κ3) is 5.22. The number of nitrogens with one attached hydrogen (secondary N) is 1. The highest BCUT2D eigenvalue weighted by atomic mass is 35.5. The van der Waals surface area contributed by atoms with Crippen molar-refractivity contribution in [1.82, 2.24) is 14.5 Å². The summed E-state index contributed by atoms with van der Waals surface area (Å²) in [6.45, 7) is 5.01. The van der Waals surface area contributed by atoms with Gasteiger partial charge < -0.3 is 15.0 Å². The van der Waals surface area contributed by atoms with Gasteiger partial charge in [0.1, 0.15) is 11.9 Å². The molecule has 1 unspecified atom stereocenters. The van der Waals surface area contributed by atoms with E-state index >= 15 is 0 Å². The number of aliphatic carboxylic acids is 1. The Kier molecular flexibility index (Phi) is 7.11. The fraction of sp³-hybridized carbons (Fsp3) is 0.240. The normalized spacial score (nSPS) is 12.9. The van der Waals surface area contributed by atoms with E-state index in [9.17, 15) is 18.3 Å². The number of sulfonamides is 1. The molecule has 0 amide bonds. The van der Waals surface area contributed by atoms with E-state index in [1.54, 1.807) is 70.5 Å². The number of fused-ring (bicyclic) bond motifs is 1. The lowest BCUT2D eigenvalue weighted by Crippen LogP contribution is -2.52. The third-order valence-electron chi connectivity index (χ3n) is 5.72. The molecule has 2 N–H and O–H groups in total. The summed E-state index contributed by atoms with van der Waals surface area (Å²) in [6, 6.07) is 11.0. The number of hydrogen-bond acceptors (Lipinski definition) is 6. The molecule has 0 radical (unpaired) electrons. The number of rotatable bonds is 7. The molecule has 0 saturated carbocycles. The maximum Gasteiger partial charge on any atom is 0.328 e. The van der Waals surface area contributed by atoms with Crippen molar-refractivity contribution in [3.05, 3.63) is 71.0 Å². The summed E-state index contributed by atoms with van der Waals surface area (Å²) in [5.74, 6) is -0.233. The highest BCUT2D eigenvalue weighted by molar-refractivity contribution is 7.93. The number of carbonyl (C=O) groups is 1. The third-order valence-corrected chi connectivity index (χ3v) is 7.93. The summed E-state index contributed by atoms with van der Waals surface area (Å²) in [5, 5.41) is 14.0. The van der Waals surface area contributed by atoms with Crippen LogP contribution in [0.1, 0.15) is 20.8 Å². The van der Waals surface area contributed by atoms with E-state index in [1.165, 1.54) is 18.2 Å². The van der Waals surface area contributed by atoms with Crippen molar-refractivity contribution in [2.75, 3.05) is 16.7 Å². The highest BCUT2D eigenvalue weighted by Gasteiger charge is 2.43. The first kappa shape index (κ1) is 26.7. The van der Waals surface area contributed by atoms with E-state index in [0.29, 0.717) is 17.2 Å². The van der Waals surface area contributed by atoms with Crippen molar-refractivity contribution in [2.24, 2.45) is 5.41 Å². The molecule has 194 valence electrons. The van der Waals surface area contributed by atoms with Gasteiger partial charge in [0, 0.05) is 34.9 Å². The zero-order chi connectivity index (χ0) is 27.1. The number of carboxylic acid groups (broad SMARTS) is 1. The molecule has 0 aliphatic carbocycles. The predicted molar refractivity (Wildman–Crippen MR) is 145 cm³/mol. The van der Waals surface area contributed by atoms with Crippen LogP contribution in [-0.4, -0.2) is 47.1 Å². The van der Waals surface area contributed by atoms with Crippen LogP contribution in [0.2, 0.25) is 10.0 Å². The van der Waals surface area contributed by atoms with Crippen molar-refractivity contribution >= 4 is 61.7 Å². The Morgan fingerprint density at radius 2 is 1.76 bits per heavy atom. The molecule has 0 saturated heterocycles. The van der Waals surface area contributed by atoms with Gasteiger partial charge in [0.15, 0.2) is 0 Å². The van der Waals surface area contributed by atoms with Crippen molar-refractivity contribution < 1.29 is 18.3 Å². The van der Waals surface area contributed by atoms with Gasteiger partial charge in [-0.05, 0) is 53.9 Å². The topological polar surface area (TPSA) is 117 Å². The Balaban J connectivity index is 1.92. The van der Waals surface area contributed by atoms with E-state index in [2.05, 4.69) is 15.3 Å². The quantitative estimate of drug-likeness (QED) is 0.307. The molecule has 0 spiro atoms. The van der Waals surface area contributed by atoms with Crippen LogP contribution in [0.15, 0.2) is 65.8 Å². The van der Waals surface area contributed by atoms with Gasteiger partial charge in [-0.1, -0.05) is 44.0 Å². The number of aromatic nitrogens is 3. The van der Waals surface area contributed by atoms with Crippen molar-refractivity contribution in [3.63, 3.8) is 0 Å². The van der Waals surface area contributed by atoms with Crippen LogP contribution in [0, 0.1) is 5.41 Å². The molecule has 9 nitrogen and oxygen atoms in total. The largest absolute Gasteiger partial charge is 0.480 e. The molecular weight excluding hydrogens is 537 g/mol. The van der Waals surface area contributed by atoms with Gasteiger partial charge in [-0.2, -0.15) is 4.98 Å². The van der Waals surface area contributed by atoms with Gasteiger partial charge in [-0.15, -0.1) is 0 Å². The molecule has 37 heavy (non-hydrogen) atoms. The minimum Gasteiger partial charge on any atom is -0.480 e. The van der Waals surface area contributed by atoms with Crippen molar-refractivity contribution in [2.45, 2.75) is 31.7 Å². The lowest BCUT2D eigenvalue weighted by molar-refractivity contribution is -0.140. The van der Waals surface area contributed by atoms with Crippen LogP contribution in [-0.2, 0) is 14.8 Å². The lowest BCUT2D eigenvalue weighted by Gasteiger charge is -2.37. The zero-order valence-corrected chi connectivity index (χ0v) is 22.8. The monoisotopic (exact) mass is 561 g/mol. The summed E-state index contributed by atoms with van der Waals surface area (Å²) in [6.07, 6.45) is 3.42. The second-order valence-corrected chi connectivity index (χ2v) is 12.1. The Hall–Kier alpha value is -3.34. The molecular formula is C25H25Cl2N5O4S. The summed E-state index contributed by atoms with van der Waals surface area (Å²) in [4.78, 5) is 20.9. The maximum atomic E-state index is 14.0. The van der Waals surface area contributed by atoms with Gasteiger partial charge in [0.2, 0.25) is 5.95 Å². The molecule has 0 bridgehead atoms. The van der Waals surface area contributed by atoms with Crippen molar-refractivity contribution in [1.29, 1.82) is 0 Å². The van der Waals surface area contributed by atoms with E-state index in [0.717, 1.165) is 9.82 Å². The number of halogens is 2. The lowest BCUT2D eigenvalue weighted by atomic mass is 9.86. The highest BCUT2D eigenvalue weighted by Crippen LogP contribution is 2.37. The van der Waals surface area contributed by atoms with Crippen molar-refractivity contribution in [3.8, 4) is 5.82 Å². The Morgan fingerprint density at radius 1 is 1.08 bits per heavy atom. The van der Waals surface area contributed by atoms with E-state index in [1.807, 2.05) is 4.57 Å². The van der Waals surface area contributed by atoms with Crippen LogP contribution >= 0.6 is 23.2 Å². The Labute approximate surface area is 224 Å². The number of carboxylic acids is 1. The van der Waals surface area contributed by atoms with Gasteiger partial charge in [-0.25, -0.2) is 18.2 Å². The molecule has 12 heteroatoms. The fourth-order valence-corrected chi connectivity index (χ4v) is 6.62. The number of anilines is 2. The first-order valence-corrected chi connectivity index (χ1v) is 13.4. The maximum absolute atomic E-state index is 14.0. The SMILES string of the molecule is CNc1nccc(-n2ccc3cc(N(C(C(=O)O)C(C)(C)C)S(=O)(=O)c4cc(Cl)cc(Cl)c4)ccc32)n1. The molecule has 0 aliphatic rings. The summed E-state index contributed by atoms with van der Waals surface area (Å²) < 4.78 is 30.7. The molecule has 0 aliphatic heterocycles. The van der Waals surface area contributed by atoms with Crippen LogP contribution < -0.4 is 9.62 Å². The number of nitrogens with zero attached hydrogens (tertiary/aromatic N) is 4. The number of benzene rings is 2. The first-order chi connectivity index (χ1) is 17.3. The Bertz CT molecular complexity index is 1580. The first-order valence-electron chi connectivity index (χ1n) is 11.2. The van der Waals surface area contributed by atoms with E-state index in [-0.39, 0.29) is 20.6 Å².